The van der Waals surface area contributed by atoms with Gasteiger partial charge < -0.3 is 9.64 Å². The summed E-state index contributed by atoms with van der Waals surface area (Å²) in [6.07, 6.45) is 0. The van der Waals surface area contributed by atoms with Crippen molar-refractivity contribution in [2.24, 2.45) is 5.92 Å². The molecule has 0 saturated carbocycles. The lowest BCUT2D eigenvalue weighted by atomic mass is 9.57. The van der Waals surface area contributed by atoms with Crippen molar-refractivity contribution in [2.75, 3.05) is 20.2 Å². The Kier molecular flexibility index (Phi) is 3.44. The summed E-state index contributed by atoms with van der Waals surface area (Å²) >= 11 is 0. The Labute approximate surface area is 130 Å². The number of hydrogen-bond donors (Lipinski definition) is 0. The topological polar surface area (TPSA) is 46.6 Å². The van der Waals surface area contributed by atoms with Gasteiger partial charge in [0.25, 0.3) is 0 Å². The predicted molar refractivity (Wildman–Crippen MR) is 84.0 cm³/mol. The molecule has 2 aliphatic carbocycles. The van der Waals surface area contributed by atoms with Crippen LogP contribution in [0.3, 0.4) is 0 Å². The average molecular weight is 299 g/mol. The summed E-state index contributed by atoms with van der Waals surface area (Å²) in [5, 5.41) is 0. The molecule has 4 heteroatoms. The molecular weight excluding hydrogens is 278 g/mol. The van der Waals surface area contributed by atoms with E-state index in [4.69, 9.17) is 4.74 Å². The fourth-order valence-corrected chi connectivity index (χ4v) is 4.00. The van der Waals surface area contributed by atoms with Crippen molar-refractivity contribution < 1.29 is 14.3 Å². The van der Waals surface area contributed by atoms with E-state index >= 15 is 0 Å². The Morgan fingerprint density at radius 2 is 1.73 bits per heavy atom. The molecule has 0 N–H and O–H groups in total. The molecule has 4 nitrogen and oxygen atoms in total. The van der Waals surface area contributed by atoms with Crippen molar-refractivity contribution in [1.29, 1.82) is 0 Å². The number of Topliss-reactive ketones (excluding diaryl/α,β-unsaturated/α-hetero) is 2. The Hall–Kier alpha value is -1.94. The number of carbonyl (C=O) groups excluding carboxylic acids is 2. The molecule has 2 aliphatic rings. The molecular formula is C18H21NO3. The highest BCUT2D eigenvalue weighted by Gasteiger charge is 2.65. The second-order valence-electron chi connectivity index (χ2n) is 5.82. The largest absolute Gasteiger partial charge is 0.373 e. The first-order valence-electron chi connectivity index (χ1n) is 7.73. The lowest BCUT2D eigenvalue weighted by molar-refractivity contribution is -0.0356. The zero-order valence-electron chi connectivity index (χ0n) is 13.5. The number of hydrogen-bond acceptors (Lipinski definition) is 4. The molecule has 0 radical (unpaired) electrons. The van der Waals surface area contributed by atoms with Crippen LogP contribution in [0.15, 0.2) is 35.5 Å². The van der Waals surface area contributed by atoms with E-state index in [1.807, 2.05) is 20.8 Å². The summed E-state index contributed by atoms with van der Waals surface area (Å²) in [6.45, 7) is 7.59. The molecule has 0 bridgehead atoms. The summed E-state index contributed by atoms with van der Waals surface area (Å²) < 4.78 is 5.72. The lowest BCUT2D eigenvalue weighted by Gasteiger charge is -2.54. The Morgan fingerprint density at radius 3 is 2.27 bits per heavy atom. The van der Waals surface area contributed by atoms with E-state index in [9.17, 15) is 9.59 Å². The van der Waals surface area contributed by atoms with E-state index in [1.165, 1.54) is 7.11 Å². The number of likely N-dealkylation sites (N-methyl/N-ethyl adjacent to an activating group) is 1. The molecule has 0 heterocycles. The Morgan fingerprint density at radius 1 is 1.14 bits per heavy atom. The third-order valence-electron chi connectivity index (χ3n) is 5.00. The van der Waals surface area contributed by atoms with Gasteiger partial charge in [0, 0.05) is 31.3 Å². The first-order chi connectivity index (χ1) is 10.5. The van der Waals surface area contributed by atoms with Crippen molar-refractivity contribution >= 4 is 11.6 Å². The smallest absolute Gasteiger partial charge is 0.202 e. The Balaban J connectivity index is 2.22. The third-order valence-corrected chi connectivity index (χ3v) is 5.00. The maximum atomic E-state index is 13.1. The Bertz CT molecular complexity index is 687. The zero-order chi connectivity index (χ0) is 16.1. The van der Waals surface area contributed by atoms with Crippen LogP contribution in [0.2, 0.25) is 0 Å². The third kappa shape index (κ3) is 1.56. The predicted octanol–water partition coefficient (Wildman–Crippen LogP) is 2.70. The maximum Gasteiger partial charge on any atom is 0.202 e. The molecule has 2 atom stereocenters. The first kappa shape index (κ1) is 15.0. The van der Waals surface area contributed by atoms with Crippen LogP contribution >= 0.6 is 0 Å². The van der Waals surface area contributed by atoms with Crippen molar-refractivity contribution in [3.63, 3.8) is 0 Å². The molecule has 0 fully saturated rings. The highest BCUT2D eigenvalue weighted by atomic mass is 16.5. The van der Waals surface area contributed by atoms with E-state index in [1.54, 1.807) is 24.3 Å². The van der Waals surface area contributed by atoms with Gasteiger partial charge in [0.2, 0.25) is 5.78 Å². The number of benzene rings is 1. The highest BCUT2D eigenvalue weighted by Crippen LogP contribution is 2.54. The van der Waals surface area contributed by atoms with Crippen LogP contribution in [0.5, 0.6) is 0 Å². The number of nitrogens with zero attached hydrogens (tertiary/aromatic N) is 1. The summed E-state index contributed by atoms with van der Waals surface area (Å²) in [5.41, 5.74) is 1.68. The molecule has 116 valence electrons. The fraction of sp³-hybridized carbons (Fsp3) is 0.444. The molecule has 0 aliphatic heterocycles. The van der Waals surface area contributed by atoms with Gasteiger partial charge in [-0.25, -0.2) is 0 Å². The van der Waals surface area contributed by atoms with Gasteiger partial charge in [-0.3, -0.25) is 9.59 Å². The minimum absolute atomic E-state index is 0.00884. The van der Waals surface area contributed by atoms with Crippen LogP contribution in [0.1, 0.15) is 41.5 Å². The van der Waals surface area contributed by atoms with Crippen LogP contribution in [-0.4, -0.2) is 42.3 Å². The number of ether oxygens (including phenoxy) is 1. The van der Waals surface area contributed by atoms with Gasteiger partial charge in [0.1, 0.15) is 0 Å². The van der Waals surface area contributed by atoms with Gasteiger partial charge in [0.15, 0.2) is 11.4 Å². The second kappa shape index (κ2) is 5.06. The van der Waals surface area contributed by atoms with E-state index in [2.05, 4.69) is 4.90 Å². The minimum Gasteiger partial charge on any atom is -0.373 e. The normalized spacial score (nSPS) is 26.5. The zero-order valence-corrected chi connectivity index (χ0v) is 13.5. The molecule has 3 rings (SSSR count). The van der Waals surface area contributed by atoms with Gasteiger partial charge >= 0.3 is 0 Å². The van der Waals surface area contributed by atoms with Crippen LogP contribution in [0.4, 0.5) is 0 Å². The van der Waals surface area contributed by atoms with E-state index in [0.717, 1.165) is 24.4 Å². The second-order valence-corrected chi connectivity index (χ2v) is 5.82. The minimum atomic E-state index is -1.14. The average Bonchev–Trinajstić information content (AvgIpc) is 2.55. The van der Waals surface area contributed by atoms with Crippen LogP contribution < -0.4 is 0 Å². The number of rotatable bonds is 4. The lowest BCUT2D eigenvalue weighted by Crippen LogP contribution is -2.65. The molecule has 1 aromatic carbocycles. The molecule has 0 amide bonds. The summed E-state index contributed by atoms with van der Waals surface area (Å²) in [4.78, 5) is 28.1. The maximum absolute atomic E-state index is 13.1. The van der Waals surface area contributed by atoms with Gasteiger partial charge in [-0.1, -0.05) is 24.3 Å². The number of methoxy groups -OCH3 is 1. The van der Waals surface area contributed by atoms with Crippen molar-refractivity contribution in [3.8, 4) is 0 Å². The van der Waals surface area contributed by atoms with Crippen LogP contribution in [0.25, 0.3) is 0 Å². The first-order valence-corrected chi connectivity index (χ1v) is 7.73. The molecule has 0 unspecified atom stereocenters. The standard InChI is InChI=1S/C18H21NO3/c1-5-19(6-2)16-11(3)14-15(20)12-9-7-8-10-13(12)17(21)18(14,16)22-4/h7-10,14H,5-6H2,1-4H3/t14-,18-/m1/s1. The molecule has 0 spiro atoms. The van der Waals surface area contributed by atoms with E-state index < -0.39 is 11.5 Å². The molecule has 1 aromatic rings. The monoisotopic (exact) mass is 299 g/mol. The van der Waals surface area contributed by atoms with Gasteiger partial charge in [-0.05, 0) is 26.3 Å². The molecule has 0 saturated heterocycles. The van der Waals surface area contributed by atoms with Crippen molar-refractivity contribution in [3.05, 3.63) is 46.7 Å². The number of carbonyl (C=O) groups is 2. The quantitative estimate of drug-likeness (QED) is 0.857. The SMILES string of the molecule is CCN(CC)C1=C(C)[C@@H]2C(=O)c3ccccc3C(=O)[C@]12OC. The summed E-state index contributed by atoms with van der Waals surface area (Å²) in [5.74, 6) is -0.594. The summed E-state index contributed by atoms with van der Waals surface area (Å²) in [6, 6.07) is 7.05. The van der Waals surface area contributed by atoms with Crippen molar-refractivity contribution in [1.82, 2.24) is 4.90 Å². The summed E-state index contributed by atoms with van der Waals surface area (Å²) in [7, 11) is 1.53. The van der Waals surface area contributed by atoms with Gasteiger partial charge in [-0.2, -0.15) is 0 Å². The molecule has 22 heavy (non-hydrogen) atoms. The van der Waals surface area contributed by atoms with Gasteiger partial charge in [-0.15, -0.1) is 0 Å². The van der Waals surface area contributed by atoms with Gasteiger partial charge in [0.05, 0.1) is 11.6 Å². The van der Waals surface area contributed by atoms with Crippen molar-refractivity contribution in [2.45, 2.75) is 26.4 Å². The van der Waals surface area contributed by atoms with Crippen LogP contribution in [-0.2, 0) is 4.74 Å². The number of ketones is 2. The highest BCUT2D eigenvalue weighted by molar-refractivity contribution is 6.23. The molecule has 0 aromatic heterocycles. The number of fused-ring (bicyclic) bond motifs is 2. The van der Waals surface area contributed by atoms with Crippen LogP contribution in [0, 0.1) is 5.92 Å². The fourth-order valence-electron chi connectivity index (χ4n) is 4.00. The van der Waals surface area contributed by atoms with E-state index in [0.29, 0.717) is 11.1 Å². The van der Waals surface area contributed by atoms with E-state index in [-0.39, 0.29) is 11.6 Å².